The number of ether oxygens (including phenoxy) is 2. The van der Waals surface area contributed by atoms with Gasteiger partial charge in [0.05, 0.1) is 36.1 Å². The normalized spacial score (nSPS) is 17.4. The fraction of sp³-hybridized carbons (Fsp3) is 0.344. The lowest BCUT2D eigenvalue weighted by molar-refractivity contribution is -0.143. The third kappa shape index (κ3) is 5.38. The van der Waals surface area contributed by atoms with Crippen LogP contribution in [0.2, 0.25) is 0 Å². The zero-order chi connectivity index (χ0) is 30.6. The topological polar surface area (TPSA) is 149 Å². The Labute approximate surface area is 254 Å². The van der Waals surface area contributed by atoms with Gasteiger partial charge in [0, 0.05) is 47.0 Å². The molecule has 4 aromatic heterocycles. The van der Waals surface area contributed by atoms with Crippen LogP contribution in [0.15, 0.2) is 82.3 Å². The molecule has 0 bridgehead atoms. The van der Waals surface area contributed by atoms with E-state index < -0.39 is 17.8 Å². The third-order valence-electron chi connectivity index (χ3n) is 7.76. The van der Waals surface area contributed by atoms with Crippen molar-refractivity contribution >= 4 is 23.6 Å². The zero-order valence-corrected chi connectivity index (χ0v) is 24.9. The number of fused-ring (bicyclic) bond motifs is 2. The van der Waals surface area contributed by atoms with E-state index in [1.54, 1.807) is 48.7 Å². The number of hydrogen-bond acceptors (Lipinski definition) is 10. The molecule has 0 saturated carbocycles. The number of rotatable bonds is 11. The summed E-state index contributed by atoms with van der Waals surface area (Å²) in [6, 6.07) is 7.41. The number of aromatic amines is 1. The fourth-order valence-corrected chi connectivity index (χ4v) is 5.95. The molecule has 0 aliphatic carbocycles. The van der Waals surface area contributed by atoms with E-state index in [9.17, 15) is 9.59 Å². The number of anilines is 2. The number of carbonyl (C=O) groups is 2. The van der Waals surface area contributed by atoms with Crippen LogP contribution in [0.25, 0.3) is 0 Å². The van der Waals surface area contributed by atoms with Gasteiger partial charge in [0.25, 0.3) is 0 Å². The quantitative estimate of drug-likeness (QED) is 0.187. The number of nitrogens with one attached hydrogen (secondary N) is 3. The number of aromatic nitrogens is 5. The Hall–Kier alpha value is -5.13. The predicted molar refractivity (Wildman–Crippen MR) is 161 cm³/mol. The summed E-state index contributed by atoms with van der Waals surface area (Å²) in [5.74, 6) is 0.174. The first-order valence-electron chi connectivity index (χ1n) is 14.9. The highest BCUT2D eigenvalue weighted by molar-refractivity contribution is 5.95. The van der Waals surface area contributed by atoms with Crippen molar-refractivity contribution in [3.8, 4) is 0 Å². The van der Waals surface area contributed by atoms with Gasteiger partial charge in [-0.2, -0.15) is 10.2 Å². The molecule has 3 N–H and O–H groups in total. The maximum Gasteiger partial charge on any atom is 0.338 e. The molecule has 44 heavy (non-hydrogen) atoms. The lowest BCUT2D eigenvalue weighted by atomic mass is 9.82. The van der Waals surface area contributed by atoms with Crippen molar-refractivity contribution in [2.24, 2.45) is 0 Å². The van der Waals surface area contributed by atoms with Gasteiger partial charge < -0.3 is 24.5 Å². The van der Waals surface area contributed by atoms with E-state index >= 15 is 0 Å². The van der Waals surface area contributed by atoms with Crippen LogP contribution >= 0.6 is 0 Å². The summed E-state index contributed by atoms with van der Waals surface area (Å²) >= 11 is 0. The average molecular weight is 598 g/mol. The van der Waals surface area contributed by atoms with Crippen LogP contribution in [-0.4, -0.2) is 43.5 Å². The Kier molecular flexibility index (Phi) is 8.31. The number of hydrogen-bond donors (Lipinski definition) is 3. The van der Waals surface area contributed by atoms with Crippen molar-refractivity contribution in [1.29, 1.82) is 0 Å². The summed E-state index contributed by atoms with van der Waals surface area (Å²) in [5, 5.41) is 18.6. The van der Waals surface area contributed by atoms with E-state index in [4.69, 9.17) is 19.0 Å². The van der Waals surface area contributed by atoms with Crippen LogP contribution < -0.4 is 10.6 Å². The van der Waals surface area contributed by atoms with E-state index in [1.807, 2.05) is 25.1 Å². The Bertz CT molecular complexity index is 1700. The zero-order valence-electron chi connectivity index (χ0n) is 24.9. The van der Waals surface area contributed by atoms with Crippen molar-refractivity contribution in [2.45, 2.75) is 65.0 Å². The molecule has 0 fully saturated rings. The number of nitrogens with zero attached hydrogens (tertiary/aromatic N) is 4. The van der Waals surface area contributed by atoms with E-state index in [0.717, 1.165) is 46.7 Å². The van der Waals surface area contributed by atoms with Crippen LogP contribution in [0.4, 0.5) is 11.6 Å². The molecule has 2 atom stereocenters. The highest BCUT2D eigenvalue weighted by atomic mass is 16.5. The van der Waals surface area contributed by atoms with Crippen LogP contribution in [0.3, 0.4) is 0 Å². The molecule has 6 rings (SSSR count). The van der Waals surface area contributed by atoms with Crippen molar-refractivity contribution in [1.82, 2.24) is 25.0 Å². The molecule has 6 heterocycles. The predicted octanol–water partition coefficient (Wildman–Crippen LogP) is 5.58. The largest absolute Gasteiger partial charge is 0.468 e. The smallest absolute Gasteiger partial charge is 0.338 e. The number of allylic oxidation sites excluding steroid dienone is 2. The van der Waals surface area contributed by atoms with Gasteiger partial charge in [-0.1, -0.05) is 26.7 Å². The van der Waals surface area contributed by atoms with Gasteiger partial charge in [-0.05, 0) is 49.6 Å². The van der Waals surface area contributed by atoms with Gasteiger partial charge in [-0.15, -0.1) is 0 Å². The monoisotopic (exact) mass is 597 g/mol. The van der Waals surface area contributed by atoms with Crippen LogP contribution in [0, 0.1) is 0 Å². The maximum absolute atomic E-state index is 13.8. The lowest BCUT2D eigenvalue weighted by Gasteiger charge is -2.28. The van der Waals surface area contributed by atoms with Gasteiger partial charge in [0.1, 0.15) is 11.6 Å². The van der Waals surface area contributed by atoms with Gasteiger partial charge in [-0.25, -0.2) is 14.3 Å². The summed E-state index contributed by atoms with van der Waals surface area (Å²) in [6.45, 7) is 6.02. The first-order valence-corrected chi connectivity index (χ1v) is 14.9. The molecule has 2 aliphatic heterocycles. The second-order valence-corrected chi connectivity index (χ2v) is 10.7. The summed E-state index contributed by atoms with van der Waals surface area (Å²) < 4.78 is 18.8. The van der Waals surface area contributed by atoms with E-state index in [1.165, 1.54) is 0 Å². The Morgan fingerprint density at radius 3 is 2.36 bits per heavy atom. The highest BCUT2D eigenvalue weighted by Crippen LogP contribution is 2.44. The Balaban J connectivity index is 1.32. The summed E-state index contributed by atoms with van der Waals surface area (Å²) in [4.78, 5) is 31.3. The number of esters is 2. The van der Waals surface area contributed by atoms with Crippen LogP contribution in [-0.2, 0) is 25.8 Å². The minimum atomic E-state index is -0.488. The van der Waals surface area contributed by atoms with Crippen molar-refractivity contribution in [3.63, 3.8) is 0 Å². The number of carbonyl (C=O) groups excluding carboxylic acids is 2. The molecule has 2 aliphatic rings. The average Bonchev–Trinajstić information content (AvgIpc) is 3.81. The molecule has 0 amide bonds. The first kappa shape index (κ1) is 29.0. The van der Waals surface area contributed by atoms with Crippen LogP contribution in [0.5, 0.6) is 0 Å². The summed E-state index contributed by atoms with van der Waals surface area (Å²) in [6.07, 6.45) is 11.4. The number of furan rings is 1. The lowest BCUT2D eigenvalue weighted by Crippen LogP contribution is -2.25. The SMILES string of the molecule is CCCC1=C(C(=O)OCC)C(c2ccncc2)c2cn(COC(=O)C3=C(CCC)Nc4[nH]ncc4C3c3ccco3)nc2N1. The minimum absolute atomic E-state index is 0.138. The van der Waals surface area contributed by atoms with E-state index in [0.29, 0.717) is 35.6 Å². The van der Waals surface area contributed by atoms with Crippen molar-refractivity contribution < 1.29 is 23.5 Å². The molecular weight excluding hydrogens is 562 g/mol. The van der Waals surface area contributed by atoms with E-state index in [-0.39, 0.29) is 19.3 Å². The molecular formula is C32H35N7O5. The number of H-pyrrole nitrogens is 1. The molecule has 0 spiro atoms. The second kappa shape index (κ2) is 12.6. The maximum atomic E-state index is 13.8. The second-order valence-electron chi connectivity index (χ2n) is 10.7. The summed E-state index contributed by atoms with van der Waals surface area (Å²) in [5.41, 5.74) is 4.99. The van der Waals surface area contributed by atoms with Gasteiger partial charge in [-0.3, -0.25) is 10.1 Å². The first-order chi connectivity index (χ1) is 21.5. The van der Waals surface area contributed by atoms with Gasteiger partial charge in [0.15, 0.2) is 12.5 Å². The highest BCUT2D eigenvalue weighted by Gasteiger charge is 2.38. The van der Waals surface area contributed by atoms with E-state index in [2.05, 4.69) is 32.7 Å². The molecule has 0 saturated heterocycles. The van der Waals surface area contributed by atoms with Gasteiger partial charge >= 0.3 is 11.9 Å². The van der Waals surface area contributed by atoms with Crippen molar-refractivity contribution in [2.75, 3.05) is 17.2 Å². The standard InChI is InChI=1S/C32H35N7O5/c1-4-8-22-27(31(40)42-6-3)25(19-11-13-33-14-12-19)21-17-39(38-30(21)36-22)18-44-32(41)28-23(9-5-2)35-29-20(16-34-37-29)26(28)24-10-7-15-43-24/h7,10-17,25-26H,4-6,8-9,18H2,1-3H3,(H,36,38)(H2,34,35,37). The minimum Gasteiger partial charge on any atom is -0.468 e. The molecule has 0 radical (unpaired) electrons. The molecule has 12 heteroatoms. The molecule has 0 aromatic carbocycles. The summed E-state index contributed by atoms with van der Waals surface area (Å²) in [7, 11) is 0. The van der Waals surface area contributed by atoms with Crippen LogP contribution in [0.1, 0.15) is 80.7 Å². The molecule has 2 unspecified atom stereocenters. The third-order valence-corrected chi connectivity index (χ3v) is 7.76. The van der Waals surface area contributed by atoms with Gasteiger partial charge in [0.2, 0.25) is 0 Å². The molecule has 4 aromatic rings. The fourth-order valence-electron chi connectivity index (χ4n) is 5.95. The Morgan fingerprint density at radius 1 is 0.932 bits per heavy atom. The Morgan fingerprint density at radius 2 is 1.66 bits per heavy atom. The molecule has 12 nitrogen and oxygen atoms in total. The molecule has 228 valence electrons. The van der Waals surface area contributed by atoms with Crippen molar-refractivity contribution in [3.05, 3.63) is 100 Å². The number of pyridine rings is 1.